The minimum absolute atomic E-state index is 0.0251. The van der Waals surface area contributed by atoms with Crippen molar-refractivity contribution in [3.05, 3.63) is 41.7 Å². The van der Waals surface area contributed by atoms with Gasteiger partial charge in [-0.2, -0.15) is 4.98 Å². The van der Waals surface area contributed by atoms with Crippen LogP contribution >= 0.6 is 0 Å². The molecule has 0 atom stereocenters. The summed E-state index contributed by atoms with van der Waals surface area (Å²) in [4.78, 5) is 7.98. The first kappa shape index (κ1) is 13.1. The van der Waals surface area contributed by atoms with Gasteiger partial charge in [-0.25, -0.2) is 4.98 Å². The third-order valence-electron chi connectivity index (χ3n) is 2.67. The highest BCUT2D eigenvalue weighted by Crippen LogP contribution is 2.24. The predicted molar refractivity (Wildman–Crippen MR) is 72.7 cm³/mol. The Morgan fingerprint density at radius 1 is 1.32 bits per heavy atom. The summed E-state index contributed by atoms with van der Waals surface area (Å²) < 4.78 is 5.03. The van der Waals surface area contributed by atoms with Crippen molar-refractivity contribution >= 4 is 11.5 Å². The molecule has 0 saturated heterocycles. The van der Waals surface area contributed by atoms with Crippen LogP contribution in [0.3, 0.4) is 0 Å². The van der Waals surface area contributed by atoms with Crippen molar-refractivity contribution in [2.45, 2.75) is 13.2 Å². The third kappa shape index (κ3) is 3.11. The summed E-state index contributed by atoms with van der Waals surface area (Å²) in [6, 6.07) is 7.64. The number of ether oxygens (including phenoxy) is 1. The van der Waals surface area contributed by atoms with E-state index >= 15 is 0 Å². The van der Waals surface area contributed by atoms with Gasteiger partial charge in [0.2, 0.25) is 5.88 Å². The average Bonchev–Trinajstić information content (AvgIpc) is 2.46. The monoisotopic (exact) mass is 260 g/mol. The summed E-state index contributed by atoms with van der Waals surface area (Å²) in [5, 5.41) is 12.2. The maximum atomic E-state index is 9.08. The van der Waals surface area contributed by atoms with Crippen LogP contribution in [0.4, 0.5) is 11.5 Å². The third-order valence-corrected chi connectivity index (χ3v) is 2.67. The Bertz CT molecular complexity index is 560. The van der Waals surface area contributed by atoms with Gasteiger partial charge in [-0.05, 0) is 11.1 Å². The van der Waals surface area contributed by atoms with Gasteiger partial charge in [0.1, 0.15) is 12.0 Å². The second-order valence-corrected chi connectivity index (χ2v) is 3.98. The number of aromatic nitrogens is 2. The molecule has 0 aliphatic carbocycles. The Kier molecular flexibility index (Phi) is 4.15. The molecule has 2 rings (SSSR count). The lowest BCUT2D eigenvalue weighted by Crippen LogP contribution is -2.07. The van der Waals surface area contributed by atoms with Crippen LogP contribution in [0.1, 0.15) is 11.1 Å². The Hall–Kier alpha value is -2.34. The molecule has 0 aliphatic rings. The number of hydrogen-bond donors (Lipinski definition) is 3. The van der Waals surface area contributed by atoms with Crippen LogP contribution in [0.15, 0.2) is 30.6 Å². The van der Waals surface area contributed by atoms with Gasteiger partial charge in [-0.3, -0.25) is 0 Å². The second kappa shape index (κ2) is 6.01. The number of nitrogen functional groups attached to an aromatic ring is 1. The molecule has 0 amide bonds. The van der Waals surface area contributed by atoms with Crippen molar-refractivity contribution in [1.29, 1.82) is 0 Å². The molecule has 1 heterocycles. The number of benzene rings is 1. The van der Waals surface area contributed by atoms with E-state index in [-0.39, 0.29) is 6.61 Å². The minimum atomic E-state index is 0.0251. The van der Waals surface area contributed by atoms with E-state index in [1.54, 1.807) is 0 Å². The Labute approximate surface area is 111 Å². The molecule has 6 heteroatoms. The van der Waals surface area contributed by atoms with E-state index in [0.717, 1.165) is 11.1 Å². The van der Waals surface area contributed by atoms with Crippen LogP contribution in [0.25, 0.3) is 0 Å². The summed E-state index contributed by atoms with van der Waals surface area (Å²) in [5.74, 6) is 0.878. The number of aliphatic hydroxyl groups is 1. The van der Waals surface area contributed by atoms with Gasteiger partial charge in [0.05, 0.1) is 13.7 Å². The lowest BCUT2D eigenvalue weighted by Gasteiger charge is -2.10. The molecule has 100 valence electrons. The van der Waals surface area contributed by atoms with Crippen LogP contribution in [0.5, 0.6) is 5.88 Å². The van der Waals surface area contributed by atoms with Crippen molar-refractivity contribution < 1.29 is 9.84 Å². The lowest BCUT2D eigenvalue weighted by atomic mass is 10.1. The number of hydrogen-bond acceptors (Lipinski definition) is 6. The van der Waals surface area contributed by atoms with Crippen LogP contribution in [-0.4, -0.2) is 22.2 Å². The van der Waals surface area contributed by atoms with E-state index in [9.17, 15) is 0 Å². The molecule has 0 radical (unpaired) electrons. The number of nitrogens with two attached hydrogens (primary N) is 1. The zero-order valence-electron chi connectivity index (χ0n) is 10.6. The highest BCUT2D eigenvalue weighted by Gasteiger charge is 2.07. The fraction of sp³-hybridized carbons (Fsp3) is 0.231. The van der Waals surface area contributed by atoms with Crippen molar-refractivity contribution in [2.75, 3.05) is 18.2 Å². The molecule has 19 heavy (non-hydrogen) atoms. The summed E-state index contributed by atoms with van der Waals surface area (Å²) in [5.41, 5.74) is 8.14. The molecule has 6 nitrogen and oxygen atoms in total. The van der Waals surface area contributed by atoms with Gasteiger partial charge >= 0.3 is 0 Å². The zero-order chi connectivity index (χ0) is 13.7. The SMILES string of the molecule is COc1ncnc(NCc2cccc(CO)c2)c1N. The first-order chi connectivity index (χ1) is 9.24. The fourth-order valence-electron chi connectivity index (χ4n) is 1.71. The molecule has 0 aliphatic heterocycles. The lowest BCUT2D eigenvalue weighted by molar-refractivity contribution is 0.281. The number of aliphatic hydroxyl groups excluding tert-OH is 1. The van der Waals surface area contributed by atoms with Gasteiger partial charge in [-0.15, -0.1) is 0 Å². The molecule has 1 aromatic carbocycles. The summed E-state index contributed by atoms with van der Waals surface area (Å²) >= 11 is 0. The Morgan fingerprint density at radius 3 is 2.84 bits per heavy atom. The number of methoxy groups -OCH3 is 1. The quantitative estimate of drug-likeness (QED) is 0.747. The van der Waals surface area contributed by atoms with E-state index in [2.05, 4.69) is 15.3 Å². The Balaban J connectivity index is 2.10. The van der Waals surface area contributed by atoms with E-state index in [0.29, 0.717) is 23.9 Å². The minimum Gasteiger partial charge on any atom is -0.479 e. The van der Waals surface area contributed by atoms with Gasteiger partial charge in [0.25, 0.3) is 0 Å². The largest absolute Gasteiger partial charge is 0.479 e. The molecular formula is C13H16N4O2. The summed E-state index contributed by atoms with van der Waals surface area (Å²) in [6.07, 6.45) is 1.39. The van der Waals surface area contributed by atoms with Crippen molar-refractivity contribution in [3.63, 3.8) is 0 Å². The van der Waals surface area contributed by atoms with E-state index in [1.165, 1.54) is 13.4 Å². The fourth-order valence-corrected chi connectivity index (χ4v) is 1.71. The number of anilines is 2. The average molecular weight is 260 g/mol. The Morgan fingerprint density at radius 2 is 2.11 bits per heavy atom. The molecular weight excluding hydrogens is 244 g/mol. The van der Waals surface area contributed by atoms with E-state index in [4.69, 9.17) is 15.6 Å². The van der Waals surface area contributed by atoms with Gasteiger partial charge in [0.15, 0.2) is 5.82 Å². The predicted octanol–water partition coefficient (Wildman–Crippen LogP) is 1.17. The molecule has 0 bridgehead atoms. The van der Waals surface area contributed by atoms with E-state index < -0.39 is 0 Å². The molecule has 4 N–H and O–H groups in total. The summed E-state index contributed by atoms with van der Waals surface area (Å²) in [7, 11) is 1.51. The number of nitrogens with one attached hydrogen (secondary N) is 1. The maximum absolute atomic E-state index is 9.08. The maximum Gasteiger partial charge on any atom is 0.242 e. The molecule has 0 unspecified atom stereocenters. The highest BCUT2D eigenvalue weighted by atomic mass is 16.5. The molecule has 1 aromatic heterocycles. The van der Waals surface area contributed by atoms with Gasteiger partial charge in [0, 0.05) is 6.54 Å². The normalized spacial score (nSPS) is 10.2. The smallest absolute Gasteiger partial charge is 0.242 e. The topological polar surface area (TPSA) is 93.3 Å². The van der Waals surface area contributed by atoms with Crippen LogP contribution in [-0.2, 0) is 13.2 Å². The first-order valence-electron chi connectivity index (χ1n) is 5.81. The molecule has 2 aromatic rings. The highest BCUT2D eigenvalue weighted by molar-refractivity contribution is 5.66. The standard InChI is InChI=1S/C13H16N4O2/c1-19-13-11(14)12(16-8-17-13)15-6-9-3-2-4-10(5-9)7-18/h2-5,8,18H,6-7,14H2,1H3,(H,15,16,17). The summed E-state index contributed by atoms with van der Waals surface area (Å²) in [6.45, 7) is 0.579. The van der Waals surface area contributed by atoms with Crippen LogP contribution < -0.4 is 15.8 Å². The van der Waals surface area contributed by atoms with Crippen LogP contribution in [0.2, 0.25) is 0 Å². The molecule has 0 saturated carbocycles. The molecule has 0 spiro atoms. The second-order valence-electron chi connectivity index (χ2n) is 3.98. The van der Waals surface area contributed by atoms with Gasteiger partial charge in [-0.1, -0.05) is 24.3 Å². The van der Waals surface area contributed by atoms with Crippen molar-refractivity contribution in [3.8, 4) is 5.88 Å². The molecule has 0 fully saturated rings. The van der Waals surface area contributed by atoms with Crippen molar-refractivity contribution in [1.82, 2.24) is 9.97 Å². The van der Waals surface area contributed by atoms with Crippen molar-refractivity contribution in [2.24, 2.45) is 0 Å². The van der Waals surface area contributed by atoms with E-state index in [1.807, 2.05) is 24.3 Å². The van der Waals surface area contributed by atoms with Gasteiger partial charge < -0.3 is 20.9 Å². The van der Waals surface area contributed by atoms with Crippen LogP contribution in [0, 0.1) is 0 Å². The number of rotatable bonds is 5. The zero-order valence-corrected chi connectivity index (χ0v) is 10.6. The first-order valence-corrected chi connectivity index (χ1v) is 5.81. The number of nitrogens with zero attached hydrogens (tertiary/aromatic N) is 2.